The zero-order valence-corrected chi connectivity index (χ0v) is 24.3. The summed E-state index contributed by atoms with van der Waals surface area (Å²) in [6.07, 6.45) is 3.10. The van der Waals surface area contributed by atoms with Gasteiger partial charge in [-0.15, -0.1) is 11.3 Å². The summed E-state index contributed by atoms with van der Waals surface area (Å²) in [5.41, 5.74) is 8.33. The SMILES string of the molecule is Cc1ccc2c(C[Si](C)(C)C)cc(-c3nccc4c3sc3c(C)c(CC(C)(C)C)ccc34)cc2c1. The van der Waals surface area contributed by atoms with Crippen LogP contribution in [0, 0.1) is 19.3 Å². The molecule has 1 nitrogen and oxygen atoms in total. The fraction of sp³-hybridized carbons (Fsp3) is 0.344. The molecule has 0 spiro atoms. The fourth-order valence-electron chi connectivity index (χ4n) is 5.33. The lowest BCUT2D eigenvalue weighted by Gasteiger charge is -2.19. The zero-order chi connectivity index (χ0) is 25.1. The Balaban J connectivity index is 1.75. The summed E-state index contributed by atoms with van der Waals surface area (Å²) in [5, 5.41) is 5.42. The van der Waals surface area contributed by atoms with Gasteiger partial charge >= 0.3 is 0 Å². The quantitative estimate of drug-likeness (QED) is 0.226. The summed E-state index contributed by atoms with van der Waals surface area (Å²) in [7, 11) is -1.28. The van der Waals surface area contributed by atoms with Crippen LogP contribution in [-0.4, -0.2) is 13.1 Å². The van der Waals surface area contributed by atoms with Crippen LogP contribution in [0.4, 0.5) is 0 Å². The molecule has 0 amide bonds. The Morgan fingerprint density at radius 2 is 1.51 bits per heavy atom. The smallest absolute Gasteiger partial charge is 0.0880 e. The topological polar surface area (TPSA) is 12.9 Å². The van der Waals surface area contributed by atoms with Gasteiger partial charge in [0.1, 0.15) is 0 Å². The Bertz CT molecular complexity index is 1580. The van der Waals surface area contributed by atoms with Crippen molar-refractivity contribution >= 4 is 50.4 Å². The molecule has 0 N–H and O–H groups in total. The van der Waals surface area contributed by atoms with E-state index in [1.165, 1.54) is 64.8 Å². The molecule has 2 heterocycles. The average Bonchev–Trinajstić information content (AvgIpc) is 3.13. The number of aromatic nitrogens is 1. The van der Waals surface area contributed by atoms with Gasteiger partial charge in [-0.3, -0.25) is 4.98 Å². The second-order valence-corrected chi connectivity index (χ2v) is 19.2. The van der Waals surface area contributed by atoms with Crippen LogP contribution >= 0.6 is 11.3 Å². The summed E-state index contributed by atoms with van der Waals surface area (Å²) in [4.78, 5) is 4.97. The average molecular weight is 496 g/mol. The Kier molecular flexibility index (Phi) is 5.93. The van der Waals surface area contributed by atoms with Crippen molar-refractivity contribution in [2.75, 3.05) is 0 Å². The molecular formula is C32H37NSSi. The molecule has 0 radical (unpaired) electrons. The minimum Gasteiger partial charge on any atom is -0.255 e. The van der Waals surface area contributed by atoms with E-state index in [1.54, 1.807) is 0 Å². The van der Waals surface area contributed by atoms with Crippen LogP contribution in [0.2, 0.25) is 19.6 Å². The Labute approximate surface area is 215 Å². The molecule has 0 aliphatic carbocycles. The lowest BCUT2D eigenvalue weighted by Crippen LogP contribution is -2.24. The molecule has 3 heteroatoms. The van der Waals surface area contributed by atoms with Gasteiger partial charge in [0, 0.05) is 35.3 Å². The van der Waals surface area contributed by atoms with E-state index in [2.05, 4.69) is 103 Å². The molecule has 35 heavy (non-hydrogen) atoms. The molecule has 0 unspecified atom stereocenters. The lowest BCUT2D eigenvalue weighted by molar-refractivity contribution is 0.410. The van der Waals surface area contributed by atoms with E-state index >= 15 is 0 Å². The van der Waals surface area contributed by atoms with E-state index in [0.717, 1.165) is 12.1 Å². The van der Waals surface area contributed by atoms with Crippen molar-refractivity contribution in [1.29, 1.82) is 0 Å². The molecule has 2 aromatic heterocycles. The number of rotatable bonds is 4. The fourth-order valence-corrected chi connectivity index (χ4v) is 8.10. The van der Waals surface area contributed by atoms with Crippen molar-refractivity contribution in [2.45, 2.75) is 66.7 Å². The van der Waals surface area contributed by atoms with E-state index in [9.17, 15) is 0 Å². The van der Waals surface area contributed by atoms with E-state index in [1.807, 2.05) is 17.5 Å². The highest BCUT2D eigenvalue weighted by Crippen LogP contribution is 2.42. The van der Waals surface area contributed by atoms with E-state index in [4.69, 9.17) is 4.98 Å². The first-order chi connectivity index (χ1) is 16.4. The van der Waals surface area contributed by atoms with Crippen molar-refractivity contribution in [3.63, 3.8) is 0 Å². The van der Waals surface area contributed by atoms with Gasteiger partial charge in [-0.2, -0.15) is 0 Å². The maximum absolute atomic E-state index is 4.97. The van der Waals surface area contributed by atoms with Crippen LogP contribution in [0.15, 0.2) is 54.7 Å². The number of hydrogen-bond donors (Lipinski definition) is 0. The molecule has 0 atom stereocenters. The summed E-state index contributed by atoms with van der Waals surface area (Å²) in [6.45, 7) is 18.8. The molecule has 3 aromatic carbocycles. The number of pyridine rings is 1. The minimum absolute atomic E-state index is 0.276. The Hall–Kier alpha value is -2.49. The number of benzene rings is 3. The maximum Gasteiger partial charge on any atom is 0.0880 e. The van der Waals surface area contributed by atoms with E-state index < -0.39 is 8.07 Å². The van der Waals surface area contributed by atoms with Crippen molar-refractivity contribution in [1.82, 2.24) is 4.98 Å². The number of fused-ring (bicyclic) bond motifs is 4. The highest BCUT2D eigenvalue weighted by Gasteiger charge is 2.20. The van der Waals surface area contributed by atoms with Crippen LogP contribution in [0.5, 0.6) is 0 Å². The summed E-state index contributed by atoms with van der Waals surface area (Å²) >= 11 is 1.92. The standard InChI is InChI=1S/C32H37NSSi/c1-20-9-11-26-23(15-20)16-24(17-25(26)19-35(6,7)8)29-31-28(13-14-33-29)27-12-10-22(18-32(3,4)5)21(2)30(27)34-31/h9-17H,18-19H2,1-8H3. The molecule has 5 rings (SSSR count). The van der Waals surface area contributed by atoms with E-state index in [-0.39, 0.29) is 5.41 Å². The van der Waals surface area contributed by atoms with Crippen molar-refractivity contribution in [2.24, 2.45) is 5.41 Å². The molecule has 0 fully saturated rings. The third-order valence-electron chi connectivity index (χ3n) is 6.83. The number of hydrogen-bond acceptors (Lipinski definition) is 2. The normalized spacial score (nSPS) is 12.8. The number of thiophene rings is 1. The van der Waals surface area contributed by atoms with Gasteiger partial charge in [0.05, 0.1) is 10.4 Å². The van der Waals surface area contributed by atoms with Crippen LogP contribution in [0.1, 0.15) is 43.0 Å². The molecule has 5 aromatic rings. The second kappa shape index (κ2) is 8.57. The van der Waals surface area contributed by atoms with Gasteiger partial charge in [-0.25, -0.2) is 0 Å². The molecule has 0 saturated heterocycles. The third kappa shape index (κ3) is 4.81. The maximum atomic E-state index is 4.97. The van der Waals surface area contributed by atoms with Crippen molar-refractivity contribution < 1.29 is 0 Å². The monoisotopic (exact) mass is 495 g/mol. The molecule has 0 bridgehead atoms. The van der Waals surface area contributed by atoms with E-state index in [0.29, 0.717) is 0 Å². The van der Waals surface area contributed by atoms with Crippen LogP contribution in [0.25, 0.3) is 42.2 Å². The first-order valence-corrected chi connectivity index (χ1v) is 17.3. The largest absolute Gasteiger partial charge is 0.255 e. The van der Waals surface area contributed by atoms with Crippen LogP contribution < -0.4 is 0 Å². The number of nitrogens with zero attached hydrogens (tertiary/aromatic N) is 1. The third-order valence-corrected chi connectivity index (χ3v) is 9.61. The van der Waals surface area contributed by atoms with Gasteiger partial charge in [0.15, 0.2) is 0 Å². The first kappa shape index (κ1) is 24.2. The van der Waals surface area contributed by atoms with Gasteiger partial charge in [0.2, 0.25) is 0 Å². The second-order valence-electron chi connectivity index (χ2n) is 12.7. The predicted molar refractivity (Wildman–Crippen MR) is 160 cm³/mol. The van der Waals surface area contributed by atoms with Crippen LogP contribution in [-0.2, 0) is 12.5 Å². The van der Waals surface area contributed by atoms with Gasteiger partial charge in [-0.05, 0) is 77.4 Å². The minimum atomic E-state index is -1.28. The summed E-state index contributed by atoms with van der Waals surface area (Å²) in [6, 6.07) is 19.8. The predicted octanol–water partition coefficient (Wildman–Crippen LogP) is 9.90. The molecule has 0 saturated carbocycles. The Morgan fingerprint density at radius 3 is 2.23 bits per heavy atom. The van der Waals surface area contributed by atoms with Crippen molar-refractivity contribution in [3.05, 3.63) is 77.0 Å². The summed E-state index contributed by atoms with van der Waals surface area (Å²) < 4.78 is 2.72. The molecule has 0 aliphatic rings. The molecular weight excluding hydrogens is 459 g/mol. The highest BCUT2D eigenvalue weighted by atomic mass is 32.1. The van der Waals surface area contributed by atoms with Gasteiger partial charge < -0.3 is 0 Å². The zero-order valence-electron chi connectivity index (χ0n) is 22.5. The molecule has 180 valence electrons. The highest BCUT2D eigenvalue weighted by molar-refractivity contribution is 7.26. The van der Waals surface area contributed by atoms with Gasteiger partial charge in [-0.1, -0.05) is 76.3 Å². The van der Waals surface area contributed by atoms with Gasteiger partial charge in [0.25, 0.3) is 0 Å². The van der Waals surface area contributed by atoms with Crippen LogP contribution in [0.3, 0.4) is 0 Å². The molecule has 0 aliphatic heterocycles. The first-order valence-electron chi connectivity index (χ1n) is 12.7. The lowest BCUT2D eigenvalue weighted by atomic mass is 9.86. The Morgan fingerprint density at radius 1 is 0.800 bits per heavy atom. The number of aryl methyl sites for hydroxylation is 2. The van der Waals surface area contributed by atoms with Crippen molar-refractivity contribution in [3.8, 4) is 11.3 Å². The summed E-state index contributed by atoms with van der Waals surface area (Å²) in [5.74, 6) is 0.